The Morgan fingerprint density at radius 3 is 2.78 bits per heavy atom. The van der Waals surface area contributed by atoms with Crippen LogP contribution in [0.1, 0.15) is 23.7 Å². The highest BCUT2D eigenvalue weighted by molar-refractivity contribution is 6.31. The molecule has 2 aliphatic heterocycles. The minimum absolute atomic E-state index is 0.0458. The number of hydrogen-bond donors (Lipinski definition) is 1. The standard InChI is InChI=1S/C21H22ClFN2O2/c22-18-7-4-8-19(23)17(18)10-21(26)24-15-9-16-13-27-20(12-25(16)11-15)14-5-2-1-3-6-14/h1-8,15-16,20H,9-13H2,(H,24,26)/t15-,16+,20-/m1/s1. The molecule has 0 bridgehead atoms. The molecule has 4 nitrogen and oxygen atoms in total. The minimum Gasteiger partial charge on any atom is -0.371 e. The lowest BCUT2D eigenvalue weighted by Gasteiger charge is -2.35. The zero-order valence-electron chi connectivity index (χ0n) is 14.9. The van der Waals surface area contributed by atoms with Gasteiger partial charge in [0, 0.05) is 35.8 Å². The smallest absolute Gasteiger partial charge is 0.224 e. The molecular formula is C21H22ClFN2O2. The second kappa shape index (κ2) is 7.97. The number of benzene rings is 2. The number of morpholine rings is 1. The van der Waals surface area contributed by atoms with E-state index in [2.05, 4.69) is 22.3 Å². The molecule has 142 valence electrons. The Labute approximate surface area is 163 Å². The maximum Gasteiger partial charge on any atom is 0.224 e. The molecule has 4 rings (SSSR count). The number of fused-ring (bicyclic) bond motifs is 1. The van der Waals surface area contributed by atoms with Crippen LogP contribution in [-0.4, -0.2) is 42.6 Å². The predicted octanol–water partition coefficient (Wildman–Crippen LogP) is 3.35. The molecule has 27 heavy (non-hydrogen) atoms. The third-order valence-electron chi connectivity index (χ3n) is 5.35. The summed E-state index contributed by atoms with van der Waals surface area (Å²) in [5.41, 5.74) is 1.43. The fourth-order valence-electron chi connectivity index (χ4n) is 3.99. The van der Waals surface area contributed by atoms with Crippen molar-refractivity contribution in [1.82, 2.24) is 10.2 Å². The van der Waals surface area contributed by atoms with E-state index in [0.29, 0.717) is 12.6 Å². The first kappa shape index (κ1) is 18.4. The van der Waals surface area contributed by atoms with Crippen molar-refractivity contribution >= 4 is 17.5 Å². The van der Waals surface area contributed by atoms with Gasteiger partial charge >= 0.3 is 0 Å². The molecule has 0 aliphatic carbocycles. The summed E-state index contributed by atoms with van der Waals surface area (Å²) in [5, 5.41) is 3.32. The largest absolute Gasteiger partial charge is 0.371 e. The molecule has 2 aliphatic rings. The molecule has 2 saturated heterocycles. The van der Waals surface area contributed by atoms with Crippen molar-refractivity contribution in [2.45, 2.75) is 31.0 Å². The van der Waals surface area contributed by atoms with Gasteiger partial charge in [-0.2, -0.15) is 0 Å². The van der Waals surface area contributed by atoms with Crippen LogP contribution in [0.3, 0.4) is 0 Å². The van der Waals surface area contributed by atoms with E-state index in [1.54, 1.807) is 6.07 Å². The molecule has 1 amide bonds. The first-order valence-corrected chi connectivity index (χ1v) is 9.61. The molecule has 0 spiro atoms. The molecule has 6 heteroatoms. The van der Waals surface area contributed by atoms with Gasteiger partial charge in [-0.1, -0.05) is 48.0 Å². The van der Waals surface area contributed by atoms with Crippen LogP contribution in [0, 0.1) is 5.82 Å². The summed E-state index contributed by atoms with van der Waals surface area (Å²) in [5.74, 6) is -0.645. The van der Waals surface area contributed by atoms with Crippen molar-refractivity contribution in [3.05, 3.63) is 70.5 Å². The van der Waals surface area contributed by atoms with Gasteiger partial charge in [-0.25, -0.2) is 4.39 Å². The van der Waals surface area contributed by atoms with E-state index in [0.717, 1.165) is 19.5 Å². The predicted molar refractivity (Wildman–Crippen MR) is 102 cm³/mol. The fraction of sp³-hybridized carbons (Fsp3) is 0.381. The second-order valence-electron chi connectivity index (χ2n) is 7.22. The average molecular weight is 389 g/mol. The van der Waals surface area contributed by atoms with Crippen LogP contribution in [0.15, 0.2) is 48.5 Å². The molecule has 0 saturated carbocycles. The third-order valence-corrected chi connectivity index (χ3v) is 5.71. The number of carbonyl (C=O) groups excluding carboxylic acids is 1. The molecule has 2 fully saturated rings. The van der Waals surface area contributed by atoms with Crippen molar-refractivity contribution in [2.24, 2.45) is 0 Å². The maximum atomic E-state index is 13.9. The van der Waals surface area contributed by atoms with Gasteiger partial charge in [-0.05, 0) is 24.1 Å². The highest BCUT2D eigenvalue weighted by Gasteiger charge is 2.38. The van der Waals surface area contributed by atoms with Crippen molar-refractivity contribution < 1.29 is 13.9 Å². The molecule has 2 aromatic rings. The van der Waals surface area contributed by atoms with Crippen LogP contribution in [-0.2, 0) is 16.0 Å². The van der Waals surface area contributed by atoms with E-state index < -0.39 is 5.82 Å². The topological polar surface area (TPSA) is 41.6 Å². The second-order valence-corrected chi connectivity index (χ2v) is 7.62. The molecule has 0 radical (unpaired) electrons. The Kier molecular flexibility index (Phi) is 5.43. The fourth-order valence-corrected chi connectivity index (χ4v) is 4.22. The number of carbonyl (C=O) groups is 1. The van der Waals surface area contributed by atoms with Crippen molar-refractivity contribution in [2.75, 3.05) is 19.7 Å². The number of rotatable bonds is 4. The SMILES string of the molecule is O=C(Cc1c(F)cccc1Cl)N[C@@H]1C[C@H]2CO[C@@H](c3ccccc3)CN2C1. The van der Waals surface area contributed by atoms with Crippen LogP contribution in [0.4, 0.5) is 4.39 Å². The molecule has 0 unspecified atom stereocenters. The zero-order valence-corrected chi connectivity index (χ0v) is 15.7. The average Bonchev–Trinajstić information content (AvgIpc) is 3.07. The van der Waals surface area contributed by atoms with Gasteiger partial charge < -0.3 is 10.1 Å². The van der Waals surface area contributed by atoms with Gasteiger partial charge in [-0.3, -0.25) is 9.69 Å². The van der Waals surface area contributed by atoms with E-state index in [1.807, 2.05) is 18.2 Å². The van der Waals surface area contributed by atoms with Gasteiger partial charge in [0.05, 0.1) is 19.1 Å². The van der Waals surface area contributed by atoms with Crippen LogP contribution < -0.4 is 5.32 Å². The summed E-state index contributed by atoms with van der Waals surface area (Å²) in [6, 6.07) is 15.0. The summed E-state index contributed by atoms with van der Waals surface area (Å²) in [4.78, 5) is 14.8. The van der Waals surface area contributed by atoms with E-state index in [4.69, 9.17) is 16.3 Å². The highest BCUT2D eigenvalue weighted by atomic mass is 35.5. The molecule has 1 N–H and O–H groups in total. The van der Waals surface area contributed by atoms with Crippen molar-refractivity contribution in [3.63, 3.8) is 0 Å². The number of nitrogens with one attached hydrogen (secondary N) is 1. The Morgan fingerprint density at radius 2 is 2.00 bits per heavy atom. The lowest BCUT2D eigenvalue weighted by atomic mass is 10.1. The van der Waals surface area contributed by atoms with E-state index in [1.165, 1.54) is 17.7 Å². The Balaban J connectivity index is 1.34. The summed E-state index contributed by atoms with van der Waals surface area (Å²) in [7, 11) is 0. The van der Waals surface area contributed by atoms with Crippen molar-refractivity contribution in [1.29, 1.82) is 0 Å². The van der Waals surface area contributed by atoms with Gasteiger partial charge in [0.25, 0.3) is 0 Å². The number of hydrogen-bond acceptors (Lipinski definition) is 3. The quantitative estimate of drug-likeness (QED) is 0.873. The highest BCUT2D eigenvalue weighted by Crippen LogP contribution is 2.30. The van der Waals surface area contributed by atoms with Gasteiger partial charge in [-0.15, -0.1) is 0 Å². The molecule has 0 aromatic heterocycles. The number of ether oxygens (including phenoxy) is 1. The Hall–Kier alpha value is -1.95. The first-order valence-electron chi connectivity index (χ1n) is 9.23. The normalized spacial score (nSPS) is 25.2. The maximum absolute atomic E-state index is 13.9. The van der Waals surface area contributed by atoms with Gasteiger partial charge in [0.2, 0.25) is 5.91 Å². The Morgan fingerprint density at radius 1 is 1.19 bits per heavy atom. The Bertz CT molecular complexity index is 797. The van der Waals surface area contributed by atoms with Crippen LogP contribution >= 0.6 is 11.6 Å². The first-order chi connectivity index (χ1) is 13.1. The molecular weight excluding hydrogens is 367 g/mol. The van der Waals surface area contributed by atoms with Crippen LogP contribution in [0.25, 0.3) is 0 Å². The van der Waals surface area contributed by atoms with E-state index >= 15 is 0 Å². The third kappa shape index (κ3) is 4.15. The zero-order chi connectivity index (χ0) is 18.8. The summed E-state index contributed by atoms with van der Waals surface area (Å²) < 4.78 is 19.9. The number of amides is 1. The monoisotopic (exact) mass is 388 g/mol. The lowest BCUT2D eigenvalue weighted by molar-refractivity contribution is -0.121. The van der Waals surface area contributed by atoms with E-state index in [-0.39, 0.29) is 35.1 Å². The lowest BCUT2D eigenvalue weighted by Crippen LogP contribution is -2.43. The molecule has 2 aromatic carbocycles. The minimum atomic E-state index is -0.444. The van der Waals surface area contributed by atoms with Crippen molar-refractivity contribution in [3.8, 4) is 0 Å². The molecule has 2 heterocycles. The van der Waals surface area contributed by atoms with Gasteiger partial charge in [0.1, 0.15) is 5.82 Å². The van der Waals surface area contributed by atoms with Crippen LogP contribution in [0.5, 0.6) is 0 Å². The summed E-state index contributed by atoms with van der Waals surface area (Å²) in [6.45, 7) is 2.26. The van der Waals surface area contributed by atoms with Crippen LogP contribution in [0.2, 0.25) is 5.02 Å². The number of nitrogens with zero attached hydrogens (tertiary/aromatic N) is 1. The summed E-state index contributed by atoms with van der Waals surface area (Å²) >= 11 is 6.02. The summed E-state index contributed by atoms with van der Waals surface area (Å²) in [6.07, 6.45) is 0.864. The molecule has 3 atom stereocenters. The van der Waals surface area contributed by atoms with Gasteiger partial charge in [0.15, 0.2) is 0 Å². The van der Waals surface area contributed by atoms with E-state index in [9.17, 15) is 9.18 Å². The number of halogens is 2.